The first-order valence-corrected chi connectivity index (χ1v) is 15.9. The molecule has 1 aromatic heterocycles. The van der Waals surface area contributed by atoms with Crippen molar-refractivity contribution in [3.05, 3.63) is 77.8 Å². The molecule has 2 heterocycles. The molecular formula is C30H39F3N6O3S. The molecule has 43 heavy (non-hydrogen) atoms. The number of imidazole rings is 1. The van der Waals surface area contributed by atoms with Crippen molar-refractivity contribution in [1.82, 2.24) is 23.7 Å². The Kier molecular flexibility index (Phi) is 9.87. The molecule has 1 fully saturated rings. The number of carbonyl (C=O) groups excluding carboxylic acids is 1. The number of amides is 2. The van der Waals surface area contributed by atoms with Crippen LogP contribution in [0.15, 0.2) is 54.7 Å². The van der Waals surface area contributed by atoms with Gasteiger partial charge in [0.15, 0.2) is 0 Å². The largest absolute Gasteiger partial charge is 0.328 e. The quantitative estimate of drug-likeness (QED) is 0.385. The lowest BCUT2D eigenvalue weighted by Gasteiger charge is -2.44. The fourth-order valence-electron chi connectivity index (χ4n) is 5.35. The third kappa shape index (κ3) is 7.76. The van der Waals surface area contributed by atoms with Crippen LogP contribution in [0.2, 0.25) is 0 Å². The first-order chi connectivity index (χ1) is 20.2. The molecule has 2 aromatic carbocycles. The second kappa shape index (κ2) is 13.1. The fourth-order valence-corrected chi connectivity index (χ4v) is 6.17. The van der Waals surface area contributed by atoms with E-state index in [1.807, 2.05) is 51.1 Å². The molecule has 9 nitrogen and oxygen atoms in total. The molecule has 1 saturated heterocycles. The van der Waals surface area contributed by atoms with Crippen LogP contribution < -0.4 is 5.73 Å². The van der Waals surface area contributed by atoms with Gasteiger partial charge < -0.3 is 20.1 Å². The van der Waals surface area contributed by atoms with Gasteiger partial charge in [-0.2, -0.15) is 4.31 Å². The van der Waals surface area contributed by atoms with Gasteiger partial charge in [-0.1, -0.05) is 51.1 Å². The normalized spacial score (nSPS) is 16.2. The van der Waals surface area contributed by atoms with E-state index in [2.05, 4.69) is 0 Å². The zero-order chi connectivity index (χ0) is 31.5. The lowest BCUT2D eigenvalue weighted by molar-refractivity contribution is 0.0615. The highest BCUT2D eigenvalue weighted by molar-refractivity contribution is 7.88. The monoisotopic (exact) mass is 620 g/mol. The van der Waals surface area contributed by atoms with Crippen LogP contribution in [-0.2, 0) is 16.6 Å². The number of piperazine rings is 1. The SMILES string of the molecule is CC(C)(C)[C@H](c1nc(-c2cc(F)ccc2F)cn1Cc1ccccc1)N(C[C@@H](F)CN)C(=O)N1CCN(S(C)(=O)=O)CC1. The maximum absolute atomic E-state index is 15.1. The summed E-state index contributed by atoms with van der Waals surface area (Å²) >= 11 is 0. The Morgan fingerprint density at radius 2 is 1.72 bits per heavy atom. The van der Waals surface area contributed by atoms with Gasteiger partial charge in [0.2, 0.25) is 10.0 Å². The first-order valence-electron chi connectivity index (χ1n) is 14.1. The minimum atomic E-state index is -3.43. The molecule has 1 aliphatic rings. The maximum Gasteiger partial charge on any atom is 0.320 e. The van der Waals surface area contributed by atoms with Crippen LogP contribution in [0.4, 0.5) is 18.0 Å². The van der Waals surface area contributed by atoms with Crippen molar-refractivity contribution < 1.29 is 26.4 Å². The number of urea groups is 1. The zero-order valence-electron chi connectivity index (χ0n) is 24.9. The number of carbonyl (C=O) groups is 1. The Balaban J connectivity index is 1.83. The highest BCUT2D eigenvalue weighted by Crippen LogP contribution is 2.40. The summed E-state index contributed by atoms with van der Waals surface area (Å²) < 4.78 is 71.4. The van der Waals surface area contributed by atoms with Crippen molar-refractivity contribution in [2.75, 3.05) is 45.5 Å². The standard InChI is InChI=1S/C30H39F3N6O3S/c1-30(2,3)27(39(19-23(32)17-34)29(40)36-12-14-38(15-13-36)43(4,41)42)28-35-26(24-16-22(31)10-11-25(24)33)20-37(28)18-21-8-6-5-7-9-21/h5-11,16,20,23,27H,12-15,17-19,34H2,1-4H3/t23-,27-/m0/s1. The zero-order valence-corrected chi connectivity index (χ0v) is 25.7. The molecular weight excluding hydrogens is 581 g/mol. The second-order valence-electron chi connectivity index (χ2n) is 11.9. The molecule has 0 saturated carbocycles. The van der Waals surface area contributed by atoms with Gasteiger partial charge in [0.1, 0.15) is 23.6 Å². The van der Waals surface area contributed by atoms with Crippen LogP contribution in [-0.4, -0.2) is 89.8 Å². The Morgan fingerprint density at radius 1 is 1.07 bits per heavy atom. The minimum absolute atomic E-state index is 0.0409. The molecule has 3 aromatic rings. The van der Waals surface area contributed by atoms with Gasteiger partial charge in [-0.3, -0.25) is 0 Å². The number of halogens is 3. The average molecular weight is 621 g/mol. The summed E-state index contributed by atoms with van der Waals surface area (Å²) in [5.41, 5.74) is 5.98. The van der Waals surface area contributed by atoms with Gasteiger partial charge in [0, 0.05) is 51.0 Å². The van der Waals surface area contributed by atoms with Crippen LogP contribution >= 0.6 is 0 Å². The topological polar surface area (TPSA) is 105 Å². The number of nitrogens with zero attached hydrogens (tertiary/aromatic N) is 5. The summed E-state index contributed by atoms with van der Waals surface area (Å²) in [6.07, 6.45) is 1.18. The minimum Gasteiger partial charge on any atom is -0.328 e. The predicted molar refractivity (Wildman–Crippen MR) is 159 cm³/mol. The third-order valence-corrected chi connectivity index (χ3v) is 8.76. The summed E-state index contributed by atoms with van der Waals surface area (Å²) in [6, 6.07) is 11.3. The maximum atomic E-state index is 15.1. The van der Waals surface area contributed by atoms with Crippen LogP contribution in [0.25, 0.3) is 11.3 Å². The van der Waals surface area contributed by atoms with Crippen LogP contribution in [0, 0.1) is 17.0 Å². The number of hydrogen-bond donors (Lipinski definition) is 1. The molecule has 13 heteroatoms. The molecule has 2 N–H and O–H groups in total. The summed E-state index contributed by atoms with van der Waals surface area (Å²) in [6.45, 7) is 5.77. The lowest BCUT2D eigenvalue weighted by atomic mass is 9.84. The van der Waals surface area contributed by atoms with Gasteiger partial charge in [0.25, 0.3) is 0 Å². The molecule has 2 amide bonds. The molecule has 2 atom stereocenters. The van der Waals surface area contributed by atoms with Crippen LogP contribution in [0.5, 0.6) is 0 Å². The molecule has 0 bridgehead atoms. The summed E-state index contributed by atoms with van der Waals surface area (Å²) in [5, 5.41) is 0. The second-order valence-corrected chi connectivity index (χ2v) is 13.9. The van der Waals surface area contributed by atoms with E-state index in [4.69, 9.17) is 10.7 Å². The Hall–Kier alpha value is -3.42. The van der Waals surface area contributed by atoms with Crippen molar-refractivity contribution >= 4 is 16.1 Å². The van der Waals surface area contributed by atoms with E-state index < -0.39 is 45.3 Å². The van der Waals surface area contributed by atoms with Gasteiger partial charge in [0.05, 0.1) is 24.5 Å². The Labute approximate surface area is 251 Å². The Morgan fingerprint density at radius 3 is 2.30 bits per heavy atom. The van der Waals surface area contributed by atoms with Gasteiger partial charge in [-0.25, -0.2) is 31.4 Å². The van der Waals surface area contributed by atoms with Crippen molar-refractivity contribution in [2.24, 2.45) is 11.1 Å². The molecule has 0 spiro atoms. The first kappa shape index (κ1) is 32.5. The number of benzene rings is 2. The number of hydrogen-bond acceptors (Lipinski definition) is 5. The van der Waals surface area contributed by atoms with Crippen LogP contribution in [0.3, 0.4) is 0 Å². The Bertz CT molecular complexity index is 1520. The average Bonchev–Trinajstić information content (AvgIpc) is 3.35. The van der Waals surface area contributed by atoms with E-state index in [1.54, 1.807) is 10.8 Å². The number of rotatable bonds is 9. The molecule has 0 radical (unpaired) electrons. The van der Waals surface area contributed by atoms with Gasteiger partial charge in [-0.15, -0.1) is 0 Å². The molecule has 1 aliphatic heterocycles. The van der Waals surface area contributed by atoms with Gasteiger partial charge in [-0.05, 0) is 29.2 Å². The van der Waals surface area contributed by atoms with Crippen molar-refractivity contribution in [3.8, 4) is 11.3 Å². The third-order valence-electron chi connectivity index (χ3n) is 7.46. The summed E-state index contributed by atoms with van der Waals surface area (Å²) in [5.74, 6) is -0.924. The van der Waals surface area contributed by atoms with E-state index in [9.17, 15) is 22.0 Å². The highest BCUT2D eigenvalue weighted by atomic mass is 32.2. The van der Waals surface area contributed by atoms with Crippen molar-refractivity contribution in [1.29, 1.82) is 0 Å². The van der Waals surface area contributed by atoms with E-state index in [1.165, 1.54) is 14.1 Å². The summed E-state index contributed by atoms with van der Waals surface area (Å²) in [4.78, 5) is 21.8. The number of sulfonamides is 1. The van der Waals surface area contributed by atoms with E-state index in [0.717, 1.165) is 30.0 Å². The van der Waals surface area contributed by atoms with Crippen LogP contribution in [0.1, 0.15) is 38.2 Å². The molecule has 234 valence electrons. The highest BCUT2D eigenvalue weighted by Gasteiger charge is 2.41. The summed E-state index contributed by atoms with van der Waals surface area (Å²) in [7, 11) is -3.43. The number of nitrogens with two attached hydrogens (primary N) is 1. The molecule has 4 rings (SSSR count). The number of aromatic nitrogens is 2. The molecule has 0 aliphatic carbocycles. The van der Waals surface area contributed by atoms with E-state index in [-0.39, 0.29) is 50.5 Å². The van der Waals surface area contributed by atoms with E-state index in [0.29, 0.717) is 12.4 Å². The lowest BCUT2D eigenvalue weighted by Crippen LogP contribution is -2.56. The van der Waals surface area contributed by atoms with E-state index >= 15 is 4.39 Å². The number of alkyl halides is 1. The smallest absolute Gasteiger partial charge is 0.320 e. The van der Waals surface area contributed by atoms with Gasteiger partial charge >= 0.3 is 6.03 Å². The predicted octanol–water partition coefficient (Wildman–Crippen LogP) is 4.26. The van der Waals surface area contributed by atoms with Crippen molar-refractivity contribution in [2.45, 2.75) is 39.5 Å². The molecule has 0 unspecified atom stereocenters. The van der Waals surface area contributed by atoms with Crippen molar-refractivity contribution in [3.63, 3.8) is 0 Å². The fraction of sp³-hybridized carbons (Fsp3) is 0.467.